The van der Waals surface area contributed by atoms with E-state index in [1.54, 1.807) is 21.0 Å². The molecule has 9 heteroatoms. The number of rotatable bonds is 5. The fourth-order valence-electron chi connectivity index (χ4n) is 7.38. The fraction of sp³-hybridized carbons (Fsp3) is 0.935. The SMILES string of the molecule is CO[C@]1(C)C[C@@H](C)CN(C)[C@H](C2CN(C)C2)COC(=O)C(C)(C)C(=O)[C@H](C)[C@H]1O[C@@H]1O[C@H](C)C[C@H](N(C)C)[C@H]1C. The van der Waals surface area contributed by atoms with Crippen LogP contribution >= 0.6 is 0 Å². The lowest BCUT2D eigenvalue weighted by molar-refractivity contribution is -0.281. The lowest BCUT2D eigenvalue weighted by atomic mass is 9.74. The third-order valence-electron chi connectivity index (χ3n) is 9.92. The number of likely N-dealkylation sites (N-methyl/N-ethyl adjacent to an activating group) is 1. The quantitative estimate of drug-likeness (QED) is 0.368. The van der Waals surface area contributed by atoms with Crippen LogP contribution in [-0.4, -0.2) is 124 Å². The molecule has 0 radical (unpaired) electrons. The number of ether oxygens (including phenoxy) is 4. The van der Waals surface area contributed by atoms with Crippen LogP contribution in [0, 0.1) is 29.1 Å². The summed E-state index contributed by atoms with van der Waals surface area (Å²) in [6, 6.07) is 0.373. The number of Topliss-reactive ketones (excluding diaryl/α,β-unsaturated/α-hetero) is 1. The van der Waals surface area contributed by atoms with E-state index in [4.69, 9.17) is 18.9 Å². The highest BCUT2D eigenvalue weighted by atomic mass is 16.7. The highest BCUT2D eigenvalue weighted by Gasteiger charge is 2.51. The van der Waals surface area contributed by atoms with Crippen molar-refractivity contribution in [1.29, 1.82) is 0 Å². The van der Waals surface area contributed by atoms with E-state index in [2.05, 4.69) is 63.7 Å². The Morgan fingerprint density at radius 1 is 1.00 bits per heavy atom. The summed E-state index contributed by atoms with van der Waals surface area (Å²) < 4.78 is 25.4. The standard InChI is InChI=1S/C31H57N3O6/c1-19-14-31(7,37-12)27(40-28-21(3)24(32(8)9)13-20(2)39-28)22(4)26(35)30(5,6)29(36)38-18-25(34(11)15-19)23-16-33(10)17-23/h19-25,27-28H,13-18H2,1-12H3/t19-,20-,21-,22+,24+,25+,27-,28+,31-/m1/s1. The number of methoxy groups -OCH3 is 1. The van der Waals surface area contributed by atoms with Gasteiger partial charge in [0, 0.05) is 56.6 Å². The molecule has 0 spiro atoms. The number of likely N-dealkylation sites (tertiary alicyclic amines) is 1. The zero-order valence-corrected chi connectivity index (χ0v) is 27.2. The minimum atomic E-state index is -1.33. The van der Waals surface area contributed by atoms with Gasteiger partial charge in [0.25, 0.3) is 0 Å². The fourth-order valence-corrected chi connectivity index (χ4v) is 7.38. The second kappa shape index (κ2) is 13.0. The first-order valence-corrected chi connectivity index (χ1v) is 15.1. The summed E-state index contributed by atoms with van der Waals surface area (Å²) in [4.78, 5) is 34.4. The van der Waals surface area contributed by atoms with Crippen LogP contribution in [0.1, 0.15) is 61.3 Å². The van der Waals surface area contributed by atoms with Crippen molar-refractivity contribution in [3.05, 3.63) is 0 Å². The second-order valence-electron chi connectivity index (χ2n) is 14.2. The molecule has 3 saturated heterocycles. The molecule has 40 heavy (non-hydrogen) atoms. The average Bonchev–Trinajstić information content (AvgIpc) is 2.85. The minimum Gasteiger partial charge on any atom is -0.463 e. The third-order valence-corrected chi connectivity index (χ3v) is 9.92. The number of carbonyl (C=O) groups is 2. The number of hydrogen-bond donors (Lipinski definition) is 0. The predicted molar refractivity (Wildman–Crippen MR) is 156 cm³/mol. The van der Waals surface area contributed by atoms with Crippen LogP contribution in [0.2, 0.25) is 0 Å². The average molecular weight is 568 g/mol. The first-order chi connectivity index (χ1) is 18.5. The normalized spacial score (nSPS) is 41.5. The van der Waals surface area contributed by atoms with Crippen LogP contribution in [0.4, 0.5) is 0 Å². The number of cyclic esters (lactones) is 1. The van der Waals surface area contributed by atoms with Crippen molar-refractivity contribution in [2.24, 2.45) is 29.1 Å². The molecular weight excluding hydrogens is 510 g/mol. The maximum absolute atomic E-state index is 14.1. The summed E-state index contributed by atoms with van der Waals surface area (Å²) in [5.74, 6) is -0.566. The van der Waals surface area contributed by atoms with Gasteiger partial charge in [-0.25, -0.2) is 0 Å². The van der Waals surface area contributed by atoms with Crippen LogP contribution in [0.25, 0.3) is 0 Å². The predicted octanol–water partition coefficient (Wildman–Crippen LogP) is 3.15. The Kier molecular flexibility index (Phi) is 10.9. The van der Waals surface area contributed by atoms with Crippen LogP contribution in [0.5, 0.6) is 0 Å². The Labute approximate surface area is 243 Å². The maximum atomic E-state index is 14.1. The summed E-state index contributed by atoms with van der Waals surface area (Å²) in [5.41, 5.74) is -2.11. The Morgan fingerprint density at radius 3 is 2.17 bits per heavy atom. The van der Waals surface area contributed by atoms with E-state index in [0.29, 0.717) is 12.3 Å². The van der Waals surface area contributed by atoms with Crippen molar-refractivity contribution in [2.45, 2.75) is 97.5 Å². The Hall–Kier alpha value is -1.10. The number of nitrogens with zero attached hydrogens (tertiary/aromatic N) is 3. The highest BCUT2D eigenvalue weighted by molar-refractivity contribution is 6.04. The van der Waals surface area contributed by atoms with Gasteiger partial charge in [0.2, 0.25) is 0 Å². The molecule has 3 aliphatic heterocycles. The van der Waals surface area contributed by atoms with E-state index >= 15 is 0 Å². The summed E-state index contributed by atoms with van der Waals surface area (Å²) in [7, 11) is 10.1. The van der Waals surface area contributed by atoms with Gasteiger partial charge in [-0.15, -0.1) is 0 Å². The van der Waals surface area contributed by atoms with E-state index in [1.165, 1.54) is 0 Å². The highest BCUT2D eigenvalue weighted by Crippen LogP contribution is 2.39. The molecule has 0 aromatic carbocycles. The van der Waals surface area contributed by atoms with Crippen LogP contribution in [-0.2, 0) is 28.5 Å². The van der Waals surface area contributed by atoms with Crippen LogP contribution < -0.4 is 0 Å². The number of ketones is 1. The molecule has 0 amide bonds. The Bertz CT molecular complexity index is 877. The monoisotopic (exact) mass is 567 g/mol. The van der Waals surface area contributed by atoms with E-state index in [1.807, 2.05) is 13.8 Å². The molecule has 0 unspecified atom stereocenters. The van der Waals surface area contributed by atoms with E-state index in [-0.39, 0.29) is 42.4 Å². The molecule has 232 valence electrons. The first-order valence-electron chi connectivity index (χ1n) is 15.1. The largest absolute Gasteiger partial charge is 0.463 e. The van der Waals surface area contributed by atoms with E-state index in [0.717, 1.165) is 26.1 Å². The minimum absolute atomic E-state index is 0.0182. The molecule has 3 rings (SSSR count). The molecule has 0 aromatic rings. The maximum Gasteiger partial charge on any atom is 0.319 e. The van der Waals surface area contributed by atoms with E-state index < -0.39 is 35.3 Å². The van der Waals surface area contributed by atoms with Gasteiger partial charge >= 0.3 is 5.97 Å². The molecule has 9 atom stereocenters. The van der Waals surface area contributed by atoms with Gasteiger partial charge < -0.3 is 28.7 Å². The third kappa shape index (κ3) is 7.09. The molecule has 3 heterocycles. The van der Waals surface area contributed by atoms with E-state index in [9.17, 15) is 9.59 Å². The van der Waals surface area contributed by atoms with Crippen molar-refractivity contribution in [2.75, 3.05) is 61.5 Å². The van der Waals surface area contributed by atoms with Gasteiger partial charge in [0.1, 0.15) is 12.0 Å². The molecule has 0 aliphatic carbocycles. The molecule has 0 bridgehead atoms. The van der Waals surface area contributed by atoms with Crippen molar-refractivity contribution >= 4 is 11.8 Å². The lowest BCUT2D eigenvalue weighted by Gasteiger charge is -2.48. The van der Waals surface area contributed by atoms with Gasteiger partial charge in [0.15, 0.2) is 12.1 Å². The topological polar surface area (TPSA) is 80.8 Å². The first kappa shape index (κ1) is 33.4. The van der Waals surface area contributed by atoms with Gasteiger partial charge in [-0.2, -0.15) is 0 Å². The number of carbonyl (C=O) groups excluding carboxylic acids is 2. The molecule has 3 aliphatic rings. The van der Waals surface area contributed by atoms with Gasteiger partial charge in [0.05, 0.1) is 17.8 Å². The summed E-state index contributed by atoms with van der Waals surface area (Å²) in [6.07, 6.45) is 0.493. The Morgan fingerprint density at radius 2 is 1.62 bits per heavy atom. The molecule has 0 N–H and O–H groups in total. The van der Waals surface area contributed by atoms with Gasteiger partial charge in [-0.1, -0.05) is 20.8 Å². The van der Waals surface area contributed by atoms with Crippen molar-refractivity contribution < 1.29 is 28.5 Å². The van der Waals surface area contributed by atoms with Crippen LogP contribution in [0.15, 0.2) is 0 Å². The van der Waals surface area contributed by atoms with Gasteiger partial charge in [-0.3, -0.25) is 14.5 Å². The molecule has 0 saturated carbocycles. The van der Waals surface area contributed by atoms with Crippen LogP contribution in [0.3, 0.4) is 0 Å². The van der Waals surface area contributed by atoms with Crippen molar-refractivity contribution in [3.8, 4) is 0 Å². The van der Waals surface area contributed by atoms with Crippen molar-refractivity contribution in [3.63, 3.8) is 0 Å². The number of hydrogen-bond acceptors (Lipinski definition) is 9. The summed E-state index contributed by atoms with van der Waals surface area (Å²) in [5, 5.41) is 0. The second-order valence-corrected chi connectivity index (χ2v) is 14.2. The number of esters is 1. The van der Waals surface area contributed by atoms with Crippen molar-refractivity contribution in [1.82, 2.24) is 14.7 Å². The summed E-state index contributed by atoms with van der Waals surface area (Å²) >= 11 is 0. The lowest BCUT2D eigenvalue weighted by Crippen LogP contribution is -2.57. The smallest absolute Gasteiger partial charge is 0.319 e. The zero-order chi connectivity index (χ0) is 30.2. The molecular formula is C31H57N3O6. The molecule has 9 nitrogen and oxygen atoms in total. The summed E-state index contributed by atoms with van der Waals surface area (Å²) in [6.45, 7) is 16.7. The zero-order valence-electron chi connectivity index (χ0n) is 27.2. The van der Waals surface area contributed by atoms with Gasteiger partial charge in [-0.05, 0) is 74.6 Å². The Balaban J connectivity index is 1.98. The molecule has 0 aromatic heterocycles. The molecule has 3 fully saturated rings.